The zero-order valence-electron chi connectivity index (χ0n) is 18.2. The molecule has 0 aromatic heterocycles. The lowest BCUT2D eigenvalue weighted by molar-refractivity contribution is -0.158. The van der Waals surface area contributed by atoms with E-state index in [1.807, 2.05) is 0 Å². The standard InChI is InChI=1S/C21H28F2N2O6/c1-12(15-7-6-14(22)9-16(15)23)24-20(26)13-8-17(28-2)19(21(27)31-5)25(10-13)11-18(29-3)30-4/h6-7,9-10,12,17-19H,8,11H2,1-5H3,(H,24,26)/t12?,17?,19-/m1/s1. The van der Waals surface area contributed by atoms with Crippen LogP contribution >= 0.6 is 0 Å². The summed E-state index contributed by atoms with van der Waals surface area (Å²) in [6.07, 6.45) is 0.300. The molecule has 2 rings (SSSR count). The van der Waals surface area contributed by atoms with Gasteiger partial charge in [0.2, 0.25) is 5.91 Å². The molecule has 0 fully saturated rings. The van der Waals surface area contributed by atoms with Crippen molar-refractivity contribution in [3.05, 3.63) is 47.2 Å². The summed E-state index contributed by atoms with van der Waals surface area (Å²) in [6.45, 7) is 1.72. The van der Waals surface area contributed by atoms with Crippen molar-refractivity contribution in [3.8, 4) is 0 Å². The quantitative estimate of drug-likeness (QED) is 0.462. The molecule has 172 valence electrons. The molecule has 31 heavy (non-hydrogen) atoms. The van der Waals surface area contributed by atoms with Crippen LogP contribution in [0.15, 0.2) is 30.0 Å². The van der Waals surface area contributed by atoms with Crippen molar-refractivity contribution in [2.24, 2.45) is 0 Å². The molecule has 0 saturated heterocycles. The van der Waals surface area contributed by atoms with Gasteiger partial charge in [0.1, 0.15) is 11.6 Å². The van der Waals surface area contributed by atoms with Gasteiger partial charge in [0.05, 0.1) is 25.8 Å². The summed E-state index contributed by atoms with van der Waals surface area (Å²) in [5.74, 6) is -2.46. The van der Waals surface area contributed by atoms with E-state index in [9.17, 15) is 18.4 Å². The minimum Gasteiger partial charge on any atom is -0.467 e. The van der Waals surface area contributed by atoms with E-state index in [1.54, 1.807) is 11.8 Å². The Kier molecular flexibility index (Phi) is 8.90. The van der Waals surface area contributed by atoms with Crippen molar-refractivity contribution >= 4 is 11.9 Å². The molecule has 0 aliphatic carbocycles. The Labute approximate surface area is 180 Å². The molecule has 10 heteroatoms. The van der Waals surface area contributed by atoms with Gasteiger partial charge in [-0.25, -0.2) is 13.6 Å². The molecular formula is C21H28F2N2O6. The number of methoxy groups -OCH3 is 4. The minimum atomic E-state index is -0.814. The Hall–Kier alpha value is -2.56. The largest absolute Gasteiger partial charge is 0.467 e. The Morgan fingerprint density at radius 1 is 1.19 bits per heavy atom. The average Bonchev–Trinajstić information content (AvgIpc) is 2.75. The molecule has 3 atom stereocenters. The predicted octanol–water partition coefficient (Wildman–Crippen LogP) is 1.91. The van der Waals surface area contributed by atoms with Crippen molar-refractivity contribution in [1.29, 1.82) is 0 Å². The topological polar surface area (TPSA) is 86.3 Å². The highest BCUT2D eigenvalue weighted by molar-refractivity contribution is 5.94. The molecule has 0 radical (unpaired) electrons. The number of esters is 1. The van der Waals surface area contributed by atoms with E-state index in [0.717, 1.165) is 12.1 Å². The second-order valence-corrected chi connectivity index (χ2v) is 7.06. The third-order valence-corrected chi connectivity index (χ3v) is 5.15. The van der Waals surface area contributed by atoms with E-state index >= 15 is 0 Å². The summed E-state index contributed by atoms with van der Waals surface area (Å²) in [5.41, 5.74) is 0.463. The maximum atomic E-state index is 14.1. The minimum absolute atomic E-state index is 0.127. The maximum Gasteiger partial charge on any atom is 0.331 e. The molecule has 8 nitrogen and oxygen atoms in total. The van der Waals surface area contributed by atoms with Gasteiger partial charge in [0, 0.05) is 51.2 Å². The molecule has 2 unspecified atom stereocenters. The molecule has 1 aliphatic rings. The van der Waals surface area contributed by atoms with Gasteiger partial charge in [-0.2, -0.15) is 0 Å². The fourth-order valence-corrected chi connectivity index (χ4v) is 3.45. The Morgan fingerprint density at radius 2 is 1.87 bits per heavy atom. The van der Waals surface area contributed by atoms with Gasteiger partial charge in [-0.15, -0.1) is 0 Å². The smallest absolute Gasteiger partial charge is 0.331 e. The molecule has 0 spiro atoms. The number of benzene rings is 1. The summed E-state index contributed by atoms with van der Waals surface area (Å²) in [5, 5.41) is 2.70. The fourth-order valence-electron chi connectivity index (χ4n) is 3.45. The molecule has 1 heterocycles. The lowest BCUT2D eigenvalue weighted by Crippen LogP contribution is -2.53. The molecule has 1 aromatic carbocycles. The number of nitrogens with zero attached hydrogens (tertiary/aromatic N) is 1. The van der Waals surface area contributed by atoms with E-state index in [1.165, 1.54) is 40.7 Å². The summed E-state index contributed by atoms with van der Waals surface area (Å²) < 4.78 is 48.0. The van der Waals surface area contributed by atoms with Crippen molar-refractivity contribution in [3.63, 3.8) is 0 Å². The van der Waals surface area contributed by atoms with E-state index < -0.39 is 48.0 Å². The van der Waals surface area contributed by atoms with Crippen LogP contribution in [0.2, 0.25) is 0 Å². The van der Waals surface area contributed by atoms with Crippen LogP contribution in [0.4, 0.5) is 8.78 Å². The first-order valence-corrected chi connectivity index (χ1v) is 9.64. The molecule has 1 aliphatic heterocycles. The summed E-state index contributed by atoms with van der Waals surface area (Å²) in [7, 11) is 5.60. The first kappa shape index (κ1) is 24.7. The van der Waals surface area contributed by atoms with Crippen molar-refractivity contribution in [2.75, 3.05) is 35.0 Å². The van der Waals surface area contributed by atoms with Gasteiger partial charge in [-0.3, -0.25) is 4.79 Å². The van der Waals surface area contributed by atoms with E-state index in [0.29, 0.717) is 5.57 Å². The van der Waals surface area contributed by atoms with Crippen LogP contribution in [-0.2, 0) is 28.5 Å². The molecule has 0 bridgehead atoms. The van der Waals surface area contributed by atoms with Crippen LogP contribution in [-0.4, -0.2) is 70.2 Å². The summed E-state index contributed by atoms with van der Waals surface area (Å²) in [6, 6.07) is 1.64. The number of halogens is 2. The number of hydrogen-bond acceptors (Lipinski definition) is 7. The zero-order valence-corrected chi connectivity index (χ0v) is 18.2. The van der Waals surface area contributed by atoms with Gasteiger partial charge in [-0.05, 0) is 13.0 Å². The Morgan fingerprint density at radius 3 is 2.42 bits per heavy atom. The van der Waals surface area contributed by atoms with Crippen LogP contribution in [0, 0.1) is 11.6 Å². The van der Waals surface area contributed by atoms with Crippen LogP contribution < -0.4 is 5.32 Å². The highest BCUT2D eigenvalue weighted by atomic mass is 19.1. The van der Waals surface area contributed by atoms with E-state index in [4.69, 9.17) is 18.9 Å². The Balaban J connectivity index is 2.28. The van der Waals surface area contributed by atoms with Crippen LogP contribution in [0.25, 0.3) is 0 Å². The van der Waals surface area contributed by atoms with Gasteiger partial charge in [0.15, 0.2) is 12.3 Å². The van der Waals surface area contributed by atoms with E-state index in [2.05, 4.69) is 5.32 Å². The molecule has 0 saturated carbocycles. The predicted molar refractivity (Wildman–Crippen MR) is 107 cm³/mol. The monoisotopic (exact) mass is 442 g/mol. The number of carbonyl (C=O) groups excluding carboxylic acids is 2. The maximum absolute atomic E-state index is 14.1. The molecule has 1 amide bonds. The van der Waals surface area contributed by atoms with Crippen LogP contribution in [0.3, 0.4) is 0 Å². The van der Waals surface area contributed by atoms with Crippen LogP contribution in [0.5, 0.6) is 0 Å². The zero-order chi connectivity index (χ0) is 23.1. The first-order chi connectivity index (χ1) is 14.7. The number of ether oxygens (including phenoxy) is 4. The second kappa shape index (κ2) is 11.2. The average molecular weight is 442 g/mol. The van der Waals surface area contributed by atoms with Gasteiger partial charge in [0.25, 0.3) is 0 Å². The second-order valence-electron chi connectivity index (χ2n) is 7.06. The van der Waals surface area contributed by atoms with Crippen molar-refractivity contribution in [2.45, 2.75) is 37.8 Å². The van der Waals surface area contributed by atoms with Crippen LogP contribution in [0.1, 0.15) is 24.9 Å². The van der Waals surface area contributed by atoms with Crippen molar-refractivity contribution in [1.82, 2.24) is 10.2 Å². The fraction of sp³-hybridized carbons (Fsp3) is 0.524. The lowest BCUT2D eigenvalue weighted by Gasteiger charge is -2.39. The van der Waals surface area contributed by atoms with Gasteiger partial charge >= 0.3 is 5.97 Å². The third-order valence-electron chi connectivity index (χ3n) is 5.15. The molecule has 1 aromatic rings. The number of nitrogens with one attached hydrogen (secondary N) is 1. The number of rotatable bonds is 9. The van der Waals surface area contributed by atoms with E-state index in [-0.39, 0.29) is 18.5 Å². The normalized spacial score (nSPS) is 19.7. The third kappa shape index (κ3) is 5.99. The number of carbonyl (C=O) groups is 2. The lowest BCUT2D eigenvalue weighted by atomic mass is 9.95. The highest BCUT2D eigenvalue weighted by Crippen LogP contribution is 2.26. The highest BCUT2D eigenvalue weighted by Gasteiger charge is 2.40. The van der Waals surface area contributed by atoms with Gasteiger partial charge < -0.3 is 29.2 Å². The summed E-state index contributed by atoms with van der Waals surface area (Å²) in [4.78, 5) is 26.9. The summed E-state index contributed by atoms with van der Waals surface area (Å²) >= 11 is 0. The van der Waals surface area contributed by atoms with Gasteiger partial charge in [-0.1, -0.05) is 6.07 Å². The molecule has 1 N–H and O–H groups in total. The first-order valence-electron chi connectivity index (χ1n) is 9.64. The Bertz CT molecular complexity index is 815. The van der Waals surface area contributed by atoms with Crippen molar-refractivity contribution < 1.29 is 37.3 Å². The number of amides is 1. The SMILES string of the molecule is COC(=O)[C@H]1C(OC)CC(C(=O)NC(C)c2ccc(F)cc2F)=CN1CC(OC)OC. The number of hydrogen-bond donors (Lipinski definition) is 1. The molecular weight excluding hydrogens is 414 g/mol.